The van der Waals surface area contributed by atoms with Crippen LogP contribution in [0, 0.1) is 11.6 Å². The number of aromatic nitrogens is 2. The molecular formula is C13H15F2N3O. The average Bonchev–Trinajstić information content (AvgIpc) is 2.83. The second-order valence-electron chi connectivity index (χ2n) is 3.99. The molecule has 19 heavy (non-hydrogen) atoms. The van der Waals surface area contributed by atoms with Crippen LogP contribution in [-0.4, -0.2) is 29.8 Å². The van der Waals surface area contributed by atoms with E-state index in [1.807, 2.05) is 0 Å². The number of hydrogen-bond acceptors (Lipinski definition) is 3. The van der Waals surface area contributed by atoms with Crippen LogP contribution in [-0.2, 0) is 4.74 Å². The third-order valence-electron chi connectivity index (χ3n) is 2.62. The molecule has 0 saturated carbocycles. The molecule has 0 radical (unpaired) electrons. The fourth-order valence-electron chi connectivity index (χ4n) is 1.72. The maximum Gasteiger partial charge on any atom is 0.207 e. The number of ether oxygens (including phenoxy) is 1. The molecule has 1 aromatic carbocycles. The summed E-state index contributed by atoms with van der Waals surface area (Å²) in [6, 6.07) is 3.45. The number of hydrogen-bond donors (Lipinski definition) is 1. The van der Waals surface area contributed by atoms with E-state index in [-0.39, 0.29) is 5.69 Å². The van der Waals surface area contributed by atoms with E-state index in [0.717, 1.165) is 12.5 Å². The Morgan fingerprint density at radius 2 is 2.21 bits per heavy atom. The highest BCUT2D eigenvalue weighted by Crippen LogP contribution is 2.18. The Kier molecular flexibility index (Phi) is 4.46. The lowest BCUT2D eigenvalue weighted by atomic mass is 10.3. The van der Waals surface area contributed by atoms with E-state index in [1.54, 1.807) is 24.1 Å². The van der Waals surface area contributed by atoms with Gasteiger partial charge in [-0.3, -0.25) is 4.57 Å². The van der Waals surface area contributed by atoms with Crippen molar-refractivity contribution in [3.8, 4) is 5.69 Å². The number of anilines is 1. The molecule has 2 aromatic rings. The van der Waals surface area contributed by atoms with Gasteiger partial charge in [-0.25, -0.2) is 13.8 Å². The second-order valence-corrected chi connectivity index (χ2v) is 3.99. The zero-order chi connectivity index (χ0) is 13.7. The summed E-state index contributed by atoms with van der Waals surface area (Å²) in [5.74, 6) is -0.712. The molecule has 1 heterocycles. The number of imidazole rings is 1. The van der Waals surface area contributed by atoms with Gasteiger partial charge in [0.15, 0.2) is 0 Å². The van der Waals surface area contributed by atoms with Gasteiger partial charge in [-0.1, -0.05) is 0 Å². The predicted octanol–water partition coefficient (Wildman–Crippen LogP) is 2.60. The fraction of sp³-hybridized carbons (Fsp3) is 0.308. The Balaban J connectivity index is 2.14. The van der Waals surface area contributed by atoms with Gasteiger partial charge in [-0.2, -0.15) is 0 Å². The first-order valence-electron chi connectivity index (χ1n) is 5.94. The molecule has 4 nitrogen and oxygen atoms in total. The highest BCUT2D eigenvalue weighted by molar-refractivity contribution is 5.42. The molecule has 0 amide bonds. The Morgan fingerprint density at radius 1 is 1.37 bits per heavy atom. The van der Waals surface area contributed by atoms with E-state index < -0.39 is 11.6 Å². The number of benzene rings is 1. The minimum Gasteiger partial charge on any atom is -0.385 e. The normalized spacial score (nSPS) is 10.7. The number of halogens is 2. The predicted molar refractivity (Wildman–Crippen MR) is 68.5 cm³/mol. The van der Waals surface area contributed by atoms with E-state index in [2.05, 4.69) is 10.3 Å². The maximum absolute atomic E-state index is 13.7. The summed E-state index contributed by atoms with van der Waals surface area (Å²) in [5, 5.41) is 3.08. The molecule has 0 spiro atoms. The smallest absolute Gasteiger partial charge is 0.207 e. The zero-order valence-corrected chi connectivity index (χ0v) is 10.6. The summed E-state index contributed by atoms with van der Waals surface area (Å²) in [7, 11) is 1.63. The highest BCUT2D eigenvalue weighted by Gasteiger charge is 2.09. The molecule has 0 atom stereocenters. The largest absolute Gasteiger partial charge is 0.385 e. The van der Waals surface area contributed by atoms with Crippen molar-refractivity contribution in [1.82, 2.24) is 9.55 Å². The lowest BCUT2D eigenvalue weighted by molar-refractivity contribution is 0.197. The molecule has 6 heteroatoms. The first-order valence-corrected chi connectivity index (χ1v) is 5.94. The summed E-state index contributed by atoms with van der Waals surface area (Å²) < 4.78 is 33.1. The molecule has 0 aliphatic heterocycles. The molecule has 1 aromatic heterocycles. The number of nitrogens with zero attached hydrogens (tertiary/aromatic N) is 2. The van der Waals surface area contributed by atoms with Gasteiger partial charge in [0.25, 0.3) is 0 Å². The Labute approximate surface area is 110 Å². The topological polar surface area (TPSA) is 39.1 Å². The summed E-state index contributed by atoms with van der Waals surface area (Å²) in [6.07, 6.45) is 3.99. The van der Waals surface area contributed by atoms with Gasteiger partial charge in [-0.15, -0.1) is 0 Å². The summed E-state index contributed by atoms with van der Waals surface area (Å²) in [6.45, 7) is 1.30. The Hall–Kier alpha value is -1.95. The van der Waals surface area contributed by atoms with Crippen molar-refractivity contribution in [3.63, 3.8) is 0 Å². The first kappa shape index (κ1) is 13.5. The van der Waals surface area contributed by atoms with Crippen molar-refractivity contribution in [3.05, 3.63) is 42.2 Å². The van der Waals surface area contributed by atoms with Crippen LogP contribution in [0.5, 0.6) is 0 Å². The van der Waals surface area contributed by atoms with E-state index in [4.69, 9.17) is 4.74 Å². The lowest BCUT2D eigenvalue weighted by Gasteiger charge is -2.10. The first-order chi connectivity index (χ1) is 9.22. The van der Waals surface area contributed by atoms with Crippen LogP contribution >= 0.6 is 0 Å². The SMILES string of the molecule is COCCCNc1nccn1-c1ccc(F)cc1F. The Morgan fingerprint density at radius 3 is 2.95 bits per heavy atom. The summed E-state index contributed by atoms with van der Waals surface area (Å²) >= 11 is 0. The fourth-order valence-corrected chi connectivity index (χ4v) is 1.72. The molecule has 0 aliphatic carbocycles. The highest BCUT2D eigenvalue weighted by atomic mass is 19.1. The number of rotatable bonds is 6. The minimum absolute atomic E-state index is 0.258. The van der Waals surface area contributed by atoms with Crippen LogP contribution in [0.1, 0.15) is 6.42 Å². The van der Waals surface area contributed by atoms with Gasteiger partial charge >= 0.3 is 0 Å². The summed E-state index contributed by atoms with van der Waals surface area (Å²) in [4.78, 5) is 4.10. The lowest BCUT2D eigenvalue weighted by Crippen LogP contribution is -2.10. The average molecular weight is 267 g/mol. The van der Waals surface area contributed by atoms with Crippen molar-refractivity contribution in [2.45, 2.75) is 6.42 Å². The molecule has 0 fully saturated rings. The van der Waals surface area contributed by atoms with Gasteiger partial charge in [0.2, 0.25) is 5.95 Å². The van der Waals surface area contributed by atoms with Gasteiger partial charge < -0.3 is 10.1 Å². The van der Waals surface area contributed by atoms with E-state index in [9.17, 15) is 8.78 Å². The molecule has 0 unspecified atom stereocenters. The van der Waals surface area contributed by atoms with Gasteiger partial charge in [0.1, 0.15) is 11.6 Å². The third-order valence-corrected chi connectivity index (χ3v) is 2.62. The zero-order valence-electron chi connectivity index (χ0n) is 10.6. The van der Waals surface area contributed by atoms with Gasteiger partial charge in [0.05, 0.1) is 5.69 Å². The van der Waals surface area contributed by atoms with Crippen molar-refractivity contribution in [2.24, 2.45) is 0 Å². The molecule has 0 bridgehead atoms. The Bertz CT molecular complexity index is 542. The maximum atomic E-state index is 13.7. The molecule has 102 valence electrons. The number of methoxy groups -OCH3 is 1. The van der Waals surface area contributed by atoms with Crippen LogP contribution in [0.15, 0.2) is 30.6 Å². The third kappa shape index (κ3) is 3.29. The van der Waals surface area contributed by atoms with E-state index >= 15 is 0 Å². The second kappa shape index (κ2) is 6.29. The van der Waals surface area contributed by atoms with Crippen LogP contribution < -0.4 is 5.32 Å². The monoisotopic (exact) mass is 267 g/mol. The minimum atomic E-state index is -0.627. The van der Waals surface area contributed by atoms with Gasteiger partial charge in [0, 0.05) is 38.7 Å². The quantitative estimate of drug-likeness (QED) is 0.818. The van der Waals surface area contributed by atoms with Gasteiger partial charge in [-0.05, 0) is 18.6 Å². The van der Waals surface area contributed by atoms with E-state index in [1.165, 1.54) is 12.1 Å². The van der Waals surface area contributed by atoms with Crippen LogP contribution in [0.25, 0.3) is 5.69 Å². The standard InChI is InChI=1S/C13H15F2N3O/c1-19-8-2-5-16-13-17-6-7-18(13)12-4-3-10(14)9-11(12)15/h3-4,6-7,9H,2,5,8H2,1H3,(H,16,17). The molecule has 0 saturated heterocycles. The molecule has 0 aliphatic rings. The van der Waals surface area contributed by atoms with E-state index in [0.29, 0.717) is 19.1 Å². The molecular weight excluding hydrogens is 252 g/mol. The number of nitrogens with one attached hydrogen (secondary N) is 1. The van der Waals surface area contributed by atoms with Crippen molar-refractivity contribution < 1.29 is 13.5 Å². The van der Waals surface area contributed by atoms with Crippen LogP contribution in [0.4, 0.5) is 14.7 Å². The van der Waals surface area contributed by atoms with Crippen molar-refractivity contribution in [1.29, 1.82) is 0 Å². The summed E-state index contributed by atoms with van der Waals surface area (Å²) in [5.41, 5.74) is 0.258. The van der Waals surface area contributed by atoms with Crippen LogP contribution in [0.3, 0.4) is 0 Å². The molecule has 1 N–H and O–H groups in total. The molecule has 2 rings (SSSR count). The van der Waals surface area contributed by atoms with Crippen molar-refractivity contribution >= 4 is 5.95 Å². The van der Waals surface area contributed by atoms with Crippen molar-refractivity contribution in [2.75, 3.05) is 25.6 Å². The van der Waals surface area contributed by atoms with Crippen LogP contribution in [0.2, 0.25) is 0 Å².